The van der Waals surface area contributed by atoms with Gasteiger partial charge in [0.25, 0.3) is 15.9 Å². The van der Waals surface area contributed by atoms with E-state index in [1.165, 1.54) is 48.3 Å². The number of hydrogen-bond donors (Lipinski definition) is 2. The second-order valence-electron chi connectivity index (χ2n) is 9.58. The Morgan fingerprint density at radius 3 is 2.48 bits per heavy atom. The summed E-state index contributed by atoms with van der Waals surface area (Å²) in [5.41, 5.74) is 0.0756. The minimum atomic E-state index is -4.03. The number of ether oxygens (including phenoxy) is 1. The van der Waals surface area contributed by atoms with E-state index in [9.17, 15) is 31.1 Å². The van der Waals surface area contributed by atoms with Crippen molar-refractivity contribution in [3.8, 4) is 5.75 Å². The maximum Gasteiger partial charge on any atom is 0.271 e. The van der Waals surface area contributed by atoms with Gasteiger partial charge in [-0.2, -0.15) is 4.31 Å². The molecule has 0 saturated carbocycles. The first-order valence-corrected chi connectivity index (χ1v) is 16.1. The quantitative estimate of drug-likeness (QED) is 0.380. The molecule has 1 amide bonds. The Morgan fingerprint density at radius 2 is 1.85 bits per heavy atom. The zero-order valence-corrected chi connectivity index (χ0v) is 24.5. The number of nitrogens with zero attached hydrogens (tertiary/aromatic N) is 2. The van der Waals surface area contributed by atoms with Crippen molar-refractivity contribution in [2.75, 3.05) is 31.5 Å². The maximum atomic E-state index is 13.6. The van der Waals surface area contributed by atoms with Gasteiger partial charge in [0.05, 0.1) is 35.3 Å². The van der Waals surface area contributed by atoms with E-state index in [0.717, 1.165) is 27.8 Å². The normalized spacial score (nSPS) is 18.9. The van der Waals surface area contributed by atoms with E-state index in [2.05, 4.69) is 4.72 Å². The number of benzene rings is 2. The van der Waals surface area contributed by atoms with Crippen LogP contribution in [0.25, 0.3) is 0 Å². The monoisotopic (exact) mass is 611 g/mol. The first kappa shape index (κ1) is 29.9. The molecule has 0 bridgehead atoms. The summed E-state index contributed by atoms with van der Waals surface area (Å²) in [5.74, 6) is -1.53. The van der Waals surface area contributed by atoms with Crippen molar-refractivity contribution in [3.63, 3.8) is 0 Å². The second kappa shape index (κ2) is 11.8. The number of thiophene rings is 1. The Bertz CT molecular complexity index is 1560. The number of nitrogens with one attached hydrogen (secondary N) is 1. The number of likely N-dealkylation sites (N-methyl/N-ethyl adjacent to an activating group) is 1. The number of anilines is 1. The first-order chi connectivity index (χ1) is 18.8. The number of carbonyl (C=O) groups excluding carboxylic acids is 1. The Hall–Kier alpha value is -3.04. The van der Waals surface area contributed by atoms with Gasteiger partial charge < -0.3 is 14.7 Å². The zero-order chi connectivity index (χ0) is 29.2. The maximum absolute atomic E-state index is 13.6. The predicted octanol–water partition coefficient (Wildman–Crippen LogP) is 3.23. The summed E-state index contributed by atoms with van der Waals surface area (Å²) >= 11 is 1.02. The molecule has 14 heteroatoms. The summed E-state index contributed by atoms with van der Waals surface area (Å²) in [4.78, 5) is 15.0. The van der Waals surface area contributed by atoms with Crippen LogP contribution >= 0.6 is 11.3 Å². The molecule has 3 aromatic rings. The number of amides is 1. The number of halogens is 1. The molecule has 2 aromatic carbocycles. The number of aliphatic hydroxyl groups excluding tert-OH is 1. The van der Waals surface area contributed by atoms with Crippen LogP contribution in [0.1, 0.15) is 24.2 Å². The van der Waals surface area contributed by atoms with Gasteiger partial charge in [0.2, 0.25) is 10.0 Å². The van der Waals surface area contributed by atoms with E-state index in [0.29, 0.717) is 0 Å². The first-order valence-electron chi connectivity index (χ1n) is 12.3. The molecule has 0 fully saturated rings. The Kier molecular flexibility index (Phi) is 8.85. The van der Waals surface area contributed by atoms with E-state index in [-0.39, 0.29) is 45.8 Å². The summed E-state index contributed by atoms with van der Waals surface area (Å²) in [6.45, 7) is 3.11. The van der Waals surface area contributed by atoms with E-state index in [1.54, 1.807) is 25.3 Å². The fourth-order valence-corrected chi connectivity index (χ4v) is 7.53. The molecule has 0 radical (unpaired) electrons. The molecule has 1 aliphatic heterocycles. The van der Waals surface area contributed by atoms with Gasteiger partial charge in [-0.3, -0.25) is 9.52 Å². The van der Waals surface area contributed by atoms with Crippen LogP contribution in [0.3, 0.4) is 0 Å². The fraction of sp³-hybridized carbons (Fsp3) is 0.346. The van der Waals surface area contributed by atoms with Crippen molar-refractivity contribution in [1.82, 2.24) is 9.21 Å². The van der Waals surface area contributed by atoms with Crippen LogP contribution < -0.4 is 9.46 Å². The number of hydrogen-bond acceptors (Lipinski definition) is 8. The fourth-order valence-electron chi connectivity index (χ4n) is 4.29. The van der Waals surface area contributed by atoms with Gasteiger partial charge >= 0.3 is 0 Å². The Morgan fingerprint density at radius 1 is 1.15 bits per heavy atom. The van der Waals surface area contributed by atoms with Crippen LogP contribution in [0.2, 0.25) is 0 Å². The molecule has 0 spiro atoms. The zero-order valence-electron chi connectivity index (χ0n) is 22.0. The predicted molar refractivity (Wildman–Crippen MR) is 149 cm³/mol. The van der Waals surface area contributed by atoms with Crippen molar-refractivity contribution >= 4 is 43.0 Å². The third kappa shape index (κ3) is 6.15. The topological polar surface area (TPSA) is 133 Å². The standard InChI is InChI=1S/C26H30FN3O7S3/c1-17-14-30(18(2)16-31)26(32)21-6-4-7-22(28-39(33,34)24-8-5-13-38-24)25(21)37-23(17)15-29(3)40(35,36)20-11-9-19(27)10-12-20/h4-13,17-18,23,28,31H,14-16H2,1-3H3/t17-,18+,23+/m0/s1. The lowest BCUT2D eigenvalue weighted by molar-refractivity contribution is 0.0389. The molecule has 0 saturated heterocycles. The van der Waals surface area contributed by atoms with E-state index < -0.39 is 49.8 Å². The molecule has 2 heterocycles. The lowest BCUT2D eigenvalue weighted by atomic mass is 9.99. The summed E-state index contributed by atoms with van der Waals surface area (Å²) in [6.07, 6.45) is -0.840. The Labute approximate surface area is 237 Å². The highest BCUT2D eigenvalue weighted by Gasteiger charge is 2.36. The Balaban J connectivity index is 1.75. The molecule has 40 heavy (non-hydrogen) atoms. The van der Waals surface area contributed by atoms with Gasteiger partial charge in [-0.25, -0.2) is 21.2 Å². The SMILES string of the molecule is C[C@H](CO)N1C[C@H](C)[C@@H](CN(C)S(=O)(=O)c2ccc(F)cc2)Oc2c(NS(=O)(=O)c3cccs3)cccc2C1=O. The number of carbonyl (C=O) groups is 1. The van der Waals surface area contributed by atoms with Gasteiger partial charge in [0, 0.05) is 19.5 Å². The molecule has 0 aliphatic carbocycles. The second-order valence-corrected chi connectivity index (χ2v) is 14.5. The summed E-state index contributed by atoms with van der Waals surface area (Å²) < 4.78 is 75.9. The number of sulfonamides is 2. The average Bonchev–Trinajstić information content (AvgIpc) is 3.47. The number of rotatable bonds is 9. The number of para-hydroxylation sites is 1. The van der Waals surface area contributed by atoms with Crippen LogP contribution in [0.4, 0.5) is 10.1 Å². The molecule has 0 unspecified atom stereocenters. The van der Waals surface area contributed by atoms with Gasteiger partial charge in [-0.15, -0.1) is 11.3 Å². The molecule has 1 aromatic heterocycles. The van der Waals surface area contributed by atoms with Gasteiger partial charge in [-0.1, -0.05) is 19.1 Å². The minimum absolute atomic E-state index is 0.0130. The third-order valence-corrected chi connectivity index (χ3v) is 11.3. The molecule has 216 valence electrons. The highest BCUT2D eigenvalue weighted by Crippen LogP contribution is 2.36. The van der Waals surface area contributed by atoms with Crippen molar-refractivity contribution in [2.45, 2.75) is 35.1 Å². The lowest BCUT2D eigenvalue weighted by Gasteiger charge is -2.38. The summed E-state index contributed by atoms with van der Waals surface area (Å²) in [5, 5.41) is 11.5. The molecular formula is C26H30FN3O7S3. The molecule has 10 nitrogen and oxygen atoms in total. The van der Waals surface area contributed by atoms with Gasteiger partial charge in [0.15, 0.2) is 5.75 Å². The number of fused-ring (bicyclic) bond motifs is 1. The molecule has 2 N–H and O–H groups in total. The summed E-state index contributed by atoms with van der Waals surface area (Å²) in [6, 6.07) is 11.4. The van der Waals surface area contributed by atoms with Crippen molar-refractivity contribution in [1.29, 1.82) is 0 Å². The largest absolute Gasteiger partial charge is 0.486 e. The van der Waals surface area contributed by atoms with Crippen molar-refractivity contribution in [3.05, 3.63) is 71.4 Å². The minimum Gasteiger partial charge on any atom is -0.486 e. The number of aliphatic hydroxyl groups is 1. The highest BCUT2D eigenvalue weighted by molar-refractivity contribution is 7.94. The summed E-state index contributed by atoms with van der Waals surface area (Å²) in [7, 11) is -6.68. The van der Waals surface area contributed by atoms with E-state index in [4.69, 9.17) is 4.74 Å². The molecule has 3 atom stereocenters. The van der Waals surface area contributed by atoms with Crippen molar-refractivity contribution in [2.24, 2.45) is 5.92 Å². The lowest BCUT2D eigenvalue weighted by Crippen LogP contribution is -2.50. The van der Waals surface area contributed by atoms with E-state index >= 15 is 0 Å². The van der Waals surface area contributed by atoms with Crippen molar-refractivity contribution < 1.29 is 35.9 Å². The highest BCUT2D eigenvalue weighted by atomic mass is 32.2. The van der Waals surface area contributed by atoms with Gasteiger partial charge in [-0.05, 0) is 54.8 Å². The van der Waals surface area contributed by atoms with Crippen LogP contribution in [-0.4, -0.2) is 75.9 Å². The van der Waals surface area contributed by atoms with Crippen LogP contribution in [0.15, 0.2) is 69.1 Å². The van der Waals surface area contributed by atoms with Crippen LogP contribution in [-0.2, 0) is 20.0 Å². The van der Waals surface area contributed by atoms with E-state index in [1.807, 2.05) is 0 Å². The average molecular weight is 612 g/mol. The molecule has 1 aliphatic rings. The van der Waals surface area contributed by atoms with Gasteiger partial charge in [0.1, 0.15) is 16.1 Å². The van der Waals surface area contributed by atoms with Crippen LogP contribution in [0.5, 0.6) is 5.75 Å². The molecular weight excluding hydrogens is 581 g/mol. The van der Waals surface area contributed by atoms with Crippen LogP contribution in [0, 0.1) is 11.7 Å². The third-order valence-electron chi connectivity index (χ3n) is 6.65. The smallest absolute Gasteiger partial charge is 0.271 e. The molecule has 4 rings (SSSR count).